The summed E-state index contributed by atoms with van der Waals surface area (Å²) in [7, 11) is 0. The Morgan fingerprint density at radius 1 is 1.32 bits per heavy atom. The van der Waals surface area contributed by atoms with Gasteiger partial charge in [0.15, 0.2) is 5.78 Å². The van der Waals surface area contributed by atoms with Gasteiger partial charge in [0, 0.05) is 30.3 Å². The molecular weight excluding hydrogens is 238 g/mol. The van der Waals surface area contributed by atoms with Gasteiger partial charge < -0.3 is 11.1 Å². The number of carbonyl (C=O) groups is 1. The van der Waals surface area contributed by atoms with E-state index in [1.807, 2.05) is 30.3 Å². The van der Waals surface area contributed by atoms with Gasteiger partial charge in [0.25, 0.3) is 0 Å². The molecule has 3 rings (SSSR count). The summed E-state index contributed by atoms with van der Waals surface area (Å²) >= 11 is 0. The largest absolute Gasteiger partial charge is 0.383 e. The number of hydrogen-bond donors (Lipinski definition) is 2. The highest BCUT2D eigenvalue weighted by Crippen LogP contribution is 2.26. The molecule has 1 atom stereocenters. The van der Waals surface area contributed by atoms with Crippen molar-refractivity contribution in [2.75, 3.05) is 11.1 Å². The van der Waals surface area contributed by atoms with Crippen LogP contribution < -0.4 is 11.1 Å². The maximum Gasteiger partial charge on any atom is 0.159 e. The second kappa shape index (κ2) is 4.72. The number of nitrogen functional groups attached to an aromatic ring is 1. The average molecular weight is 253 g/mol. The van der Waals surface area contributed by atoms with E-state index in [0.717, 1.165) is 17.7 Å². The van der Waals surface area contributed by atoms with Gasteiger partial charge in [-0.05, 0) is 17.7 Å². The van der Waals surface area contributed by atoms with E-state index in [4.69, 9.17) is 5.73 Å². The number of aromatic nitrogens is 1. The molecule has 3 N–H and O–H groups in total. The minimum atomic E-state index is -0.156. The lowest BCUT2D eigenvalue weighted by Crippen LogP contribution is -2.28. The fraction of sp³-hybridized carbons (Fsp3) is 0.200. The Hall–Kier alpha value is -2.36. The fourth-order valence-corrected chi connectivity index (χ4v) is 2.40. The first-order chi connectivity index (χ1) is 9.24. The number of nitrogens with zero attached hydrogens (tertiary/aromatic N) is 1. The molecular formula is C15H15N3O. The van der Waals surface area contributed by atoms with E-state index in [1.165, 1.54) is 5.56 Å². The summed E-state index contributed by atoms with van der Waals surface area (Å²) in [5.74, 6) is 0.585. The molecule has 0 bridgehead atoms. The molecule has 0 aliphatic carbocycles. The number of para-hydroxylation sites is 1. The number of hydrogen-bond acceptors (Lipinski definition) is 4. The predicted molar refractivity (Wildman–Crippen MR) is 74.9 cm³/mol. The molecule has 19 heavy (non-hydrogen) atoms. The molecule has 1 aromatic carbocycles. The van der Waals surface area contributed by atoms with E-state index < -0.39 is 0 Å². The number of rotatable bonds is 3. The summed E-state index contributed by atoms with van der Waals surface area (Å²) in [5, 5.41) is 3.26. The van der Waals surface area contributed by atoms with Crippen molar-refractivity contribution in [2.24, 2.45) is 0 Å². The highest BCUT2D eigenvalue weighted by atomic mass is 16.1. The van der Waals surface area contributed by atoms with E-state index >= 15 is 0 Å². The van der Waals surface area contributed by atoms with Crippen LogP contribution in [0.3, 0.4) is 0 Å². The smallest absolute Gasteiger partial charge is 0.159 e. The van der Waals surface area contributed by atoms with Crippen molar-refractivity contribution in [1.82, 2.24) is 4.98 Å². The van der Waals surface area contributed by atoms with Gasteiger partial charge in [0.1, 0.15) is 5.82 Å². The number of carbonyl (C=O) groups excluding carboxylic acids is 1. The predicted octanol–water partition coefficient (Wildman–Crippen LogP) is 1.81. The van der Waals surface area contributed by atoms with E-state index in [2.05, 4.69) is 10.3 Å². The van der Waals surface area contributed by atoms with E-state index in [9.17, 15) is 4.79 Å². The molecule has 4 heteroatoms. The summed E-state index contributed by atoms with van der Waals surface area (Å²) < 4.78 is 0. The maximum atomic E-state index is 12.3. The minimum Gasteiger partial charge on any atom is -0.383 e. The quantitative estimate of drug-likeness (QED) is 0.875. The van der Waals surface area contributed by atoms with Crippen LogP contribution in [-0.2, 0) is 17.6 Å². The third kappa shape index (κ3) is 2.29. The standard InChI is InChI=1S/C15H15N3O/c16-15-11(5-3-7-17-15)9-14(19)13-8-10-4-1-2-6-12(10)18-13/h1-7,13,18H,8-9H2,(H2,16,17). The number of fused-ring (bicyclic) bond motifs is 1. The van der Waals surface area contributed by atoms with Crippen molar-refractivity contribution in [3.8, 4) is 0 Å². The summed E-state index contributed by atoms with van der Waals surface area (Å²) in [6.07, 6.45) is 2.70. The molecule has 0 amide bonds. The Labute approximate surface area is 111 Å². The van der Waals surface area contributed by atoms with Gasteiger partial charge in [-0.3, -0.25) is 4.79 Å². The van der Waals surface area contributed by atoms with Crippen molar-refractivity contribution in [3.63, 3.8) is 0 Å². The zero-order valence-electron chi connectivity index (χ0n) is 10.5. The normalized spacial score (nSPS) is 16.7. The summed E-state index contributed by atoms with van der Waals surface area (Å²) in [6.45, 7) is 0. The summed E-state index contributed by atoms with van der Waals surface area (Å²) in [5.41, 5.74) is 8.81. The lowest BCUT2D eigenvalue weighted by molar-refractivity contribution is -0.119. The Balaban J connectivity index is 1.72. The van der Waals surface area contributed by atoms with Gasteiger partial charge in [-0.1, -0.05) is 24.3 Å². The van der Waals surface area contributed by atoms with Crippen molar-refractivity contribution in [2.45, 2.75) is 18.9 Å². The second-order valence-electron chi connectivity index (χ2n) is 4.75. The Bertz CT molecular complexity index is 599. The third-order valence-corrected chi connectivity index (χ3v) is 3.45. The first-order valence-corrected chi connectivity index (χ1v) is 6.30. The molecule has 0 saturated carbocycles. The van der Waals surface area contributed by atoms with Gasteiger partial charge >= 0.3 is 0 Å². The SMILES string of the molecule is Nc1ncccc1CC(=O)C1Cc2ccccc2N1. The van der Waals surface area contributed by atoms with Crippen LogP contribution in [0.5, 0.6) is 0 Å². The molecule has 2 heterocycles. The molecule has 4 nitrogen and oxygen atoms in total. The fourth-order valence-electron chi connectivity index (χ4n) is 2.40. The summed E-state index contributed by atoms with van der Waals surface area (Å²) in [6, 6.07) is 11.5. The molecule has 96 valence electrons. The monoisotopic (exact) mass is 253 g/mol. The number of pyridine rings is 1. The average Bonchev–Trinajstić information content (AvgIpc) is 2.85. The lowest BCUT2D eigenvalue weighted by atomic mass is 10.0. The first-order valence-electron chi connectivity index (χ1n) is 6.30. The van der Waals surface area contributed by atoms with E-state index in [0.29, 0.717) is 12.2 Å². The van der Waals surface area contributed by atoms with Gasteiger partial charge in [-0.15, -0.1) is 0 Å². The van der Waals surface area contributed by atoms with Crippen LogP contribution in [0.2, 0.25) is 0 Å². The summed E-state index contributed by atoms with van der Waals surface area (Å²) in [4.78, 5) is 16.3. The molecule has 1 aromatic heterocycles. The third-order valence-electron chi connectivity index (χ3n) is 3.45. The van der Waals surface area contributed by atoms with Crippen molar-refractivity contribution in [1.29, 1.82) is 0 Å². The molecule has 0 fully saturated rings. The Morgan fingerprint density at radius 3 is 2.95 bits per heavy atom. The van der Waals surface area contributed by atoms with Gasteiger partial charge in [-0.2, -0.15) is 0 Å². The maximum absolute atomic E-state index is 12.3. The van der Waals surface area contributed by atoms with Gasteiger partial charge in [-0.25, -0.2) is 4.98 Å². The highest BCUT2D eigenvalue weighted by Gasteiger charge is 2.26. The Morgan fingerprint density at radius 2 is 2.16 bits per heavy atom. The second-order valence-corrected chi connectivity index (χ2v) is 4.75. The minimum absolute atomic E-state index is 0.149. The van der Waals surface area contributed by atoms with Crippen LogP contribution in [0.1, 0.15) is 11.1 Å². The zero-order valence-corrected chi connectivity index (χ0v) is 10.5. The molecule has 0 radical (unpaired) electrons. The first kappa shape index (κ1) is 11.7. The molecule has 1 aliphatic rings. The number of ketones is 1. The van der Waals surface area contributed by atoms with Crippen LogP contribution >= 0.6 is 0 Å². The Kier molecular flexibility index (Phi) is 2.91. The highest BCUT2D eigenvalue weighted by molar-refractivity contribution is 5.91. The van der Waals surface area contributed by atoms with Crippen LogP contribution in [0.15, 0.2) is 42.6 Å². The van der Waals surface area contributed by atoms with E-state index in [-0.39, 0.29) is 11.8 Å². The molecule has 2 aromatic rings. The van der Waals surface area contributed by atoms with Gasteiger partial charge in [0.05, 0.1) is 6.04 Å². The van der Waals surface area contributed by atoms with Crippen molar-refractivity contribution < 1.29 is 4.79 Å². The van der Waals surface area contributed by atoms with Crippen molar-refractivity contribution in [3.05, 3.63) is 53.7 Å². The van der Waals surface area contributed by atoms with Crippen LogP contribution in [0, 0.1) is 0 Å². The van der Waals surface area contributed by atoms with Crippen LogP contribution in [0.4, 0.5) is 11.5 Å². The molecule has 1 unspecified atom stereocenters. The zero-order chi connectivity index (χ0) is 13.2. The molecule has 1 aliphatic heterocycles. The van der Waals surface area contributed by atoms with Crippen LogP contribution in [0.25, 0.3) is 0 Å². The topological polar surface area (TPSA) is 68.0 Å². The number of benzene rings is 1. The number of nitrogens with one attached hydrogen (secondary N) is 1. The molecule has 0 saturated heterocycles. The van der Waals surface area contributed by atoms with Crippen LogP contribution in [-0.4, -0.2) is 16.8 Å². The lowest BCUT2D eigenvalue weighted by Gasteiger charge is -2.10. The van der Waals surface area contributed by atoms with Crippen molar-refractivity contribution >= 4 is 17.3 Å². The van der Waals surface area contributed by atoms with E-state index in [1.54, 1.807) is 12.3 Å². The number of anilines is 2. The number of Topliss-reactive ketones (excluding diaryl/α,β-unsaturated/α-hetero) is 1. The molecule has 0 spiro atoms. The van der Waals surface area contributed by atoms with Gasteiger partial charge in [0.2, 0.25) is 0 Å². The number of nitrogens with two attached hydrogens (primary N) is 1.